The first-order chi connectivity index (χ1) is 12.2. The van der Waals surface area contributed by atoms with Crippen molar-refractivity contribution in [3.8, 4) is 11.4 Å². The van der Waals surface area contributed by atoms with Gasteiger partial charge in [0.2, 0.25) is 5.91 Å². The number of methoxy groups -OCH3 is 1. The fourth-order valence-electron chi connectivity index (χ4n) is 2.82. The van der Waals surface area contributed by atoms with Crippen molar-refractivity contribution in [3.05, 3.63) is 42.2 Å². The highest BCUT2D eigenvalue weighted by Crippen LogP contribution is 2.16. The number of benzene rings is 1. The van der Waals surface area contributed by atoms with E-state index in [1.807, 2.05) is 37.5 Å². The quantitative estimate of drug-likeness (QED) is 0.853. The predicted octanol–water partition coefficient (Wildman–Crippen LogP) is 1.22. The Kier molecular flexibility index (Phi) is 5.67. The lowest BCUT2D eigenvalue weighted by Crippen LogP contribution is -2.44. The Labute approximate surface area is 147 Å². The summed E-state index contributed by atoms with van der Waals surface area (Å²) in [5.74, 6) is 0.876. The van der Waals surface area contributed by atoms with Gasteiger partial charge in [-0.3, -0.25) is 4.79 Å². The molecule has 7 nitrogen and oxygen atoms in total. The van der Waals surface area contributed by atoms with Gasteiger partial charge in [0, 0.05) is 50.4 Å². The van der Waals surface area contributed by atoms with E-state index in [0.717, 1.165) is 23.5 Å². The zero-order valence-corrected chi connectivity index (χ0v) is 14.6. The number of nitrogens with one attached hydrogen (secondary N) is 1. The molecule has 1 aliphatic rings. The fourth-order valence-corrected chi connectivity index (χ4v) is 2.82. The van der Waals surface area contributed by atoms with Crippen LogP contribution in [0.1, 0.15) is 12.0 Å². The molecule has 1 aliphatic heterocycles. The molecule has 2 aromatic rings. The highest BCUT2D eigenvalue weighted by Gasteiger charge is 2.19. The lowest BCUT2D eigenvalue weighted by atomic mass is 10.2. The molecule has 1 aromatic carbocycles. The molecule has 1 saturated heterocycles. The van der Waals surface area contributed by atoms with Crippen LogP contribution in [0.25, 0.3) is 5.69 Å². The van der Waals surface area contributed by atoms with Gasteiger partial charge < -0.3 is 19.7 Å². The molecule has 1 atom stereocenters. The van der Waals surface area contributed by atoms with E-state index in [0.29, 0.717) is 26.2 Å². The number of morpholine rings is 1. The molecule has 0 unspecified atom stereocenters. The van der Waals surface area contributed by atoms with Crippen molar-refractivity contribution >= 4 is 5.91 Å². The highest BCUT2D eigenvalue weighted by atomic mass is 16.5. The lowest BCUT2D eigenvalue weighted by molar-refractivity contribution is -0.131. The standard InChI is InChI=1S/C18H24N4O3/c1-21(18(23)8-15-13-25-7-6-19-15)11-14-10-20-22(12-14)16-4-3-5-17(9-16)24-2/h3-5,9-10,12,15,19H,6-8,11,13H2,1-2H3/t15-/m0/s1. The van der Waals surface area contributed by atoms with E-state index in [1.165, 1.54) is 0 Å². The number of amides is 1. The maximum Gasteiger partial charge on any atom is 0.224 e. The summed E-state index contributed by atoms with van der Waals surface area (Å²) >= 11 is 0. The third-order valence-corrected chi connectivity index (χ3v) is 4.22. The van der Waals surface area contributed by atoms with Gasteiger partial charge in [-0.25, -0.2) is 4.68 Å². The molecule has 1 aromatic heterocycles. The van der Waals surface area contributed by atoms with Crippen molar-refractivity contribution in [1.82, 2.24) is 20.0 Å². The number of rotatable bonds is 6. The van der Waals surface area contributed by atoms with E-state index in [1.54, 1.807) is 22.9 Å². The van der Waals surface area contributed by atoms with E-state index >= 15 is 0 Å². The van der Waals surface area contributed by atoms with Crippen molar-refractivity contribution in [2.24, 2.45) is 0 Å². The summed E-state index contributed by atoms with van der Waals surface area (Å²) in [6.07, 6.45) is 4.16. The number of nitrogens with zero attached hydrogens (tertiary/aromatic N) is 3. The number of aromatic nitrogens is 2. The summed E-state index contributed by atoms with van der Waals surface area (Å²) in [5.41, 5.74) is 1.90. The van der Waals surface area contributed by atoms with Gasteiger partial charge in [0.25, 0.3) is 0 Å². The van der Waals surface area contributed by atoms with Crippen LogP contribution < -0.4 is 10.1 Å². The van der Waals surface area contributed by atoms with Crippen LogP contribution in [0.3, 0.4) is 0 Å². The molecule has 0 saturated carbocycles. The van der Waals surface area contributed by atoms with Crippen LogP contribution in [0.2, 0.25) is 0 Å². The van der Waals surface area contributed by atoms with Crippen LogP contribution in [0, 0.1) is 0 Å². The second-order valence-corrected chi connectivity index (χ2v) is 6.17. The van der Waals surface area contributed by atoms with Gasteiger partial charge in [-0.2, -0.15) is 5.10 Å². The zero-order valence-electron chi connectivity index (χ0n) is 14.6. The van der Waals surface area contributed by atoms with Gasteiger partial charge in [-0.15, -0.1) is 0 Å². The van der Waals surface area contributed by atoms with Crippen molar-refractivity contribution in [1.29, 1.82) is 0 Å². The van der Waals surface area contributed by atoms with Crippen molar-refractivity contribution in [3.63, 3.8) is 0 Å². The Morgan fingerprint density at radius 3 is 3.16 bits per heavy atom. The van der Waals surface area contributed by atoms with E-state index in [-0.39, 0.29) is 11.9 Å². The Hall–Kier alpha value is -2.38. The van der Waals surface area contributed by atoms with Crippen LogP contribution in [0.4, 0.5) is 0 Å². The van der Waals surface area contributed by atoms with Crippen molar-refractivity contribution < 1.29 is 14.3 Å². The normalized spacial score (nSPS) is 17.3. The van der Waals surface area contributed by atoms with Crippen LogP contribution in [-0.2, 0) is 16.1 Å². The first-order valence-electron chi connectivity index (χ1n) is 8.39. The van der Waals surface area contributed by atoms with Crippen LogP contribution in [0.15, 0.2) is 36.7 Å². The monoisotopic (exact) mass is 344 g/mol. The summed E-state index contributed by atoms with van der Waals surface area (Å²) in [6, 6.07) is 7.79. The number of hydrogen-bond donors (Lipinski definition) is 1. The maximum atomic E-state index is 12.4. The molecule has 134 valence electrons. The maximum absolute atomic E-state index is 12.4. The topological polar surface area (TPSA) is 68.6 Å². The smallest absolute Gasteiger partial charge is 0.224 e. The Morgan fingerprint density at radius 1 is 1.52 bits per heavy atom. The summed E-state index contributed by atoms with van der Waals surface area (Å²) in [7, 11) is 3.45. The second kappa shape index (κ2) is 8.13. The van der Waals surface area contributed by atoms with Gasteiger partial charge in [0.05, 0.1) is 32.2 Å². The molecule has 25 heavy (non-hydrogen) atoms. The van der Waals surface area contributed by atoms with E-state index in [9.17, 15) is 4.79 Å². The zero-order chi connectivity index (χ0) is 17.6. The average molecular weight is 344 g/mol. The number of carbonyl (C=O) groups is 1. The molecule has 0 spiro atoms. The predicted molar refractivity (Wildman–Crippen MR) is 93.8 cm³/mol. The highest BCUT2D eigenvalue weighted by molar-refractivity contribution is 5.76. The van der Waals surface area contributed by atoms with Crippen LogP contribution in [-0.4, -0.2) is 60.5 Å². The summed E-state index contributed by atoms with van der Waals surface area (Å²) in [6.45, 7) is 2.63. The second-order valence-electron chi connectivity index (χ2n) is 6.17. The first kappa shape index (κ1) is 17.4. The first-order valence-corrected chi connectivity index (χ1v) is 8.39. The summed E-state index contributed by atoms with van der Waals surface area (Å²) in [5, 5.41) is 7.69. The molecule has 2 heterocycles. The van der Waals surface area contributed by atoms with Gasteiger partial charge in [0.1, 0.15) is 5.75 Å². The molecule has 3 rings (SSSR count). The van der Waals surface area contributed by atoms with Crippen molar-refractivity contribution in [2.75, 3.05) is 33.9 Å². The molecule has 1 amide bonds. The molecule has 7 heteroatoms. The average Bonchev–Trinajstić information content (AvgIpc) is 3.11. The molecule has 1 fully saturated rings. The van der Waals surface area contributed by atoms with Crippen molar-refractivity contribution in [2.45, 2.75) is 19.0 Å². The van der Waals surface area contributed by atoms with E-state index in [4.69, 9.17) is 9.47 Å². The van der Waals surface area contributed by atoms with Crippen LogP contribution >= 0.6 is 0 Å². The molecule has 0 radical (unpaired) electrons. The number of carbonyl (C=O) groups excluding carboxylic acids is 1. The fraction of sp³-hybridized carbons (Fsp3) is 0.444. The molecular weight excluding hydrogens is 320 g/mol. The van der Waals surface area contributed by atoms with Gasteiger partial charge in [-0.1, -0.05) is 6.07 Å². The van der Waals surface area contributed by atoms with Gasteiger partial charge in [0.15, 0.2) is 0 Å². The third kappa shape index (κ3) is 4.58. The largest absolute Gasteiger partial charge is 0.497 e. The minimum absolute atomic E-state index is 0.0946. The Balaban J connectivity index is 1.59. The minimum Gasteiger partial charge on any atom is -0.497 e. The Morgan fingerprint density at radius 2 is 2.40 bits per heavy atom. The van der Waals surface area contributed by atoms with Gasteiger partial charge >= 0.3 is 0 Å². The summed E-state index contributed by atoms with van der Waals surface area (Å²) < 4.78 is 12.4. The summed E-state index contributed by atoms with van der Waals surface area (Å²) in [4.78, 5) is 14.1. The molecular formula is C18H24N4O3. The third-order valence-electron chi connectivity index (χ3n) is 4.22. The van der Waals surface area contributed by atoms with Crippen LogP contribution in [0.5, 0.6) is 5.75 Å². The minimum atomic E-state index is 0.0946. The number of ether oxygens (including phenoxy) is 2. The van der Waals surface area contributed by atoms with Gasteiger partial charge in [-0.05, 0) is 12.1 Å². The lowest BCUT2D eigenvalue weighted by Gasteiger charge is -2.25. The molecule has 0 bridgehead atoms. The SMILES string of the molecule is COc1cccc(-n2cc(CN(C)C(=O)C[C@H]3COCCN3)cn2)c1. The van der Waals surface area contributed by atoms with E-state index in [2.05, 4.69) is 10.4 Å². The molecule has 1 N–H and O–H groups in total. The Bertz CT molecular complexity index is 710. The van der Waals surface area contributed by atoms with E-state index < -0.39 is 0 Å². The molecule has 0 aliphatic carbocycles. The number of hydrogen-bond acceptors (Lipinski definition) is 5.